The van der Waals surface area contributed by atoms with Gasteiger partial charge in [0.2, 0.25) is 5.91 Å². The minimum Gasteiger partial charge on any atom is -0.458 e. The van der Waals surface area contributed by atoms with Crippen LogP contribution in [0.25, 0.3) is 0 Å². The SMILES string of the molecule is O=C1CC(C(=O)N2CCc3nc[nH]c3C2)C2(CCCCC2)O1. The lowest BCUT2D eigenvalue weighted by Crippen LogP contribution is -2.48. The maximum atomic E-state index is 13.0. The zero-order chi connectivity index (χ0) is 15.2. The standard InChI is InChI=1S/C16H21N3O3/c20-14-8-11(16(22-14)5-2-1-3-6-16)15(21)19-7-4-12-13(9-19)18-10-17-12/h10-11H,1-9H2,(H,17,18). The fourth-order valence-corrected chi connectivity index (χ4v) is 4.23. The predicted octanol–water partition coefficient (Wildman–Crippen LogP) is 1.56. The third kappa shape index (κ3) is 2.12. The van der Waals surface area contributed by atoms with Crippen LogP contribution in [-0.4, -0.2) is 38.9 Å². The third-order valence-electron chi connectivity index (χ3n) is 5.41. The highest BCUT2D eigenvalue weighted by atomic mass is 16.6. The van der Waals surface area contributed by atoms with Crippen LogP contribution < -0.4 is 0 Å². The Labute approximate surface area is 129 Å². The summed E-state index contributed by atoms with van der Waals surface area (Å²) in [6.45, 7) is 1.24. The highest BCUT2D eigenvalue weighted by molar-refractivity contribution is 5.88. The molecular weight excluding hydrogens is 282 g/mol. The summed E-state index contributed by atoms with van der Waals surface area (Å²) in [5.74, 6) is -0.433. The van der Waals surface area contributed by atoms with Gasteiger partial charge >= 0.3 is 5.97 Å². The molecule has 1 spiro atoms. The summed E-state index contributed by atoms with van der Waals surface area (Å²) in [5, 5.41) is 0. The van der Waals surface area contributed by atoms with Gasteiger partial charge in [0.05, 0.1) is 36.6 Å². The van der Waals surface area contributed by atoms with Crippen LogP contribution in [0.5, 0.6) is 0 Å². The Morgan fingerprint density at radius 3 is 3.00 bits per heavy atom. The molecule has 1 aromatic heterocycles. The molecule has 22 heavy (non-hydrogen) atoms. The zero-order valence-electron chi connectivity index (χ0n) is 12.6. The number of aromatic nitrogens is 2. The molecule has 0 radical (unpaired) electrons. The molecule has 1 unspecified atom stereocenters. The second kappa shape index (κ2) is 5.11. The van der Waals surface area contributed by atoms with Gasteiger partial charge in [-0.1, -0.05) is 6.42 Å². The van der Waals surface area contributed by atoms with Crippen molar-refractivity contribution in [2.45, 2.75) is 57.1 Å². The van der Waals surface area contributed by atoms with E-state index in [1.54, 1.807) is 6.33 Å². The molecule has 0 bridgehead atoms. The third-order valence-corrected chi connectivity index (χ3v) is 5.41. The number of amides is 1. The number of imidazole rings is 1. The summed E-state index contributed by atoms with van der Waals surface area (Å²) < 4.78 is 5.66. The van der Waals surface area contributed by atoms with E-state index in [0.29, 0.717) is 13.1 Å². The van der Waals surface area contributed by atoms with Gasteiger partial charge < -0.3 is 14.6 Å². The van der Waals surface area contributed by atoms with E-state index in [2.05, 4.69) is 9.97 Å². The van der Waals surface area contributed by atoms with E-state index in [4.69, 9.17) is 4.74 Å². The van der Waals surface area contributed by atoms with Crippen LogP contribution in [-0.2, 0) is 27.3 Å². The molecule has 3 aliphatic rings. The van der Waals surface area contributed by atoms with Gasteiger partial charge in [-0.2, -0.15) is 0 Å². The van der Waals surface area contributed by atoms with E-state index in [1.165, 1.54) is 6.42 Å². The summed E-state index contributed by atoms with van der Waals surface area (Å²) in [4.78, 5) is 34.1. The van der Waals surface area contributed by atoms with Gasteiger partial charge in [0.15, 0.2) is 0 Å². The van der Waals surface area contributed by atoms with Crippen molar-refractivity contribution in [3.05, 3.63) is 17.7 Å². The van der Waals surface area contributed by atoms with Crippen molar-refractivity contribution in [3.63, 3.8) is 0 Å². The van der Waals surface area contributed by atoms with Crippen LogP contribution in [0.4, 0.5) is 0 Å². The maximum absolute atomic E-state index is 13.0. The first-order valence-electron chi connectivity index (χ1n) is 8.20. The van der Waals surface area contributed by atoms with Crippen LogP contribution in [0, 0.1) is 5.92 Å². The summed E-state index contributed by atoms with van der Waals surface area (Å²) in [6, 6.07) is 0. The molecule has 2 fully saturated rings. The van der Waals surface area contributed by atoms with E-state index in [1.807, 2.05) is 4.90 Å². The van der Waals surface area contributed by atoms with Gasteiger partial charge in [0.25, 0.3) is 0 Å². The lowest BCUT2D eigenvalue weighted by atomic mass is 9.75. The van der Waals surface area contributed by atoms with Crippen LogP contribution in [0.15, 0.2) is 6.33 Å². The van der Waals surface area contributed by atoms with Gasteiger partial charge in [-0.3, -0.25) is 9.59 Å². The molecule has 1 saturated heterocycles. The number of carbonyl (C=O) groups is 2. The van der Waals surface area contributed by atoms with Gasteiger partial charge in [0.1, 0.15) is 5.60 Å². The molecule has 6 nitrogen and oxygen atoms in total. The van der Waals surface area contributed by atoms with E-state index in [0.717, 1.165) is 43.5 Å². The lowest BCUT2D eigenvalue weighted by Gasteiger charge is -2.38. The highest BCUT2D eigenvalue weighted by Crippen LogP contribution is 2.45. The Morgan fingerprint density at radius 2 is 2.18 bits per heavy atom. The van der Waals surface area contributed by atoms with Crippen LogP contribution in [0.2, 0.25) is 0 Å². The topological polar surface area (TPSA) is 75.3 Å². The quantitative estimate of drug-likeness (QED) is 0.799. The second-order valence-electron chi connectivity index (χ2n) is 6.69. The van der Waals surface area contributed by atoms with Gasteiger partial charge in [-0.05, 0) is 25.7 Å². The number of rotatable bonds is 1. The van der Waals surface area contributed by atoms with E-state index in [-0.39, 0.29) is 24.2 Å². The van der Waals surface area contributed by atoms with Gasteiger partial charge in [-0.15, -0.1) is 0 Å². The minimum absolute atomic E-state index is 0.0769. The van der Waals surface area contributed by atoms with Crippen molar-refractivity contribution in [3.8, 4) is 0 Å². The number of ether oxygens (including phenoxy) is 1. The van der Waals surface area contributed by atoms with Crippen LogP contribution in [0.1, 0.15) is 49.9 Å². The average Bonchev–Trinajstić information content (AvgIpc) is 3.11. The summed E-state index contributed by atoms with van der Waals surface area (Å²) in [7, 11) is 0. The number of esters is 1. The molecule has 1 aliphatic carbocycles. The first kappa shape index (κ1) is 13.8. The molecule has 1 aromatic rings. The number of hydrogen-bond donors (Lipinski definition) is 1. The highest BCUT2D eigenvalue weighted by Gasteiger charge is 2.53. The van der Waals surface area contributed by atoms with E-state index >= 15 is 0 Å². The van der Waals surface area contributed by atoms with Crippen molar-refractivity contribution in [2.24, 2.45) is 5.92 Å². The number of nitrogens with one attached hydrogen (secondary N) is 1. The molecule has 1 N–H and O–H groups in total. The van der Waals surface area contributed by atoms with Crippen LogP contribution in [0.3, 0.4) is 0 Å². The number of hydrogen-bond acceptors (Lipinski definition) is 4. The van der Waals surface area contributed by atoms with Crippen molar-refractivity contribution >= 4 is 11.9 Å². The predicted molar refractivity (Wildman–Crippen MR) is 77.7 cm³/mol. The monoisotopic (exact) mass is 303 g/mol. The average molecular weight is 303 g/mol. The molecule has 4 rings (SSSR count). The largest absolute Gasteiger partial charge is 0.458 e. The molecule has 1 atom stereocenters. The molecular formula is C16H21N3O3. The van der Waals surface area contributed by atoms with Gasteiger partial charge in [-0.25, -0.2) is 4.98 Å². The Kier molecular flexibility index (Phi) is 3.20. The Balaban J connectivity index is 1.55. The Morgan fingerprint density at radius 1 is 1.36 bits per heavy atom. The number of aromatic amines is 1. The molecule has 2 aliphatic heterocycles. The van der Waals surface area contributed by atoms with E-state index < -0.39 is 5.60 Å². The Hall–Kier alpha value is -1.85. The van der Waals surface area contributed by atoms with Crippen molar-refractivity contribution < 1.29 is 14.3 Å². The van der Waals surface area contributed by atoms with Crippen LogP contribution >= 0.6 is 0 Å². The fraction of sp³-hybridized carbons (Fsp3) is 0.688. The zero-order valence-corrected chi connectivity index (χ0v) is 12.6. The number of carbonyl (C=O) groups excluding carboxylic acids is 2. The molecule has 0 aromatic carbocycles. The van der Waals surface area contributed by atoms with Crippen molar-refractivity contribution in [1.29, 1.82) is 0 Å². The molecule has 3 heterocycles. The van der Waals surface area contributed by atoms with E-state index in [9.17, 15) is 9.59 Å². The number of fused-ring (bicyclic) bond motifs is 1. The first-order valence-corrected chi connectivity index (χ1v) is 8.20. The number of H-pyrrole nitrogens is 1. The van der Waals surface area contributed by atoms with Gasteiger partial charge in [0, 0.05) is 13.0 Å². The molecule has 1 amide bonds. The minimum atomic E-state index is -0.527. The van der Waals surface area contributed by atoms with Crippen molar-refractivity contribution in [1.82, 2.24) is 14.9 Å². The summed E-state index contributed by atoms with van der Waals surface area (Å²) in [5.41, 5.74) is 1.54. The smallest absolute Gasteiger partial charge is 0.307 e. The maximum Gasteiger partial charge on any atom is 0.307 e. The first-order chi connectivity index (χ1) is 10.7. The Bertz CT molecular complexity index is 604. The fourth-order valence-electron chi connectivity index (χ4n) is 4.23. The number of nitrogens with zero attached hydrogens (tertiary/aromatic N) is 2. The normalized spacial score (nSPS) is 26.8. The summed E-state index contributed by atoms with van der Waals surface area (Å²) >= 11 is 0. The lowest BCUT2D eigenvalue weighted by molar-refractivity contribution is -0.156. The van der Waals surface area contributed by atoms with Crippen molar-refractivity contribution in [2.75, 3.05) is 6.54 Å². The molecule has 1 saturated carbocycles. The molecule has 118 valence electrons. The summed E-state index contributed by atoms with van der Waals surface area (Å²) in [6.07, 6.45) is 7.62. The second-order valence-corrected chi connectivity index (χ2v) is 6.69. The molecule has 6 heteroatoms.